The smallest absolute Gasteiger partial charge is 0.251 e. The van der Waals surface area contributed by atoms with Crippen LogP contribution < -0.4 is 10.2 Å². The first kappa shape index (κ1) is 30.6. The number of likely N-dealkylation sites (tertiary alicyclic amines) is 1. The third-order valence-electron chi connectivity index (χ3n) is 10.0. The van der Waals surface area contributed by atoms with Gasteiger partial charge in [-0.15, -0.1) is 0 Å². The molecule has 1 N–H and O–H groups in total. The van der Waals surface area contributed by atoms with E-state index in [1.807, 2.05) is 18.0 Å². The molecule has 2 heterocycles. The topological polar surface area (TPSA) is 65.1 Å². The Morgan fingerprint density at radius 2 is 1.74 bits per heavy atom. The molecule has 2 aromatic carbocycles. The molecule has 7 nitrogen and oxygen atoms in total. The minimum Gasteiger partial charge on any atom is -0.379 e. The van der Waals surface area contributed by atoms with Gasteiger partial charge in [-0.1, -0.05) is 44.0 Å². The van der Waals surface area contributed by atoms with Crippen LogP contribution >= 0.6 is 0 Å². The van der Waals surface area contributed by atoms with E-state index in [1.54, 1.807) is 0 Å². The van der Waals surface area contributed by atoms with Gasteiger partial charge in [-0.2, -0.15) is 0 Å². The standard InChI is InChI=1S/C35H50N4O3/c1-6-39(30-9-7-8-10-30)33-21-29(28-13-11-27(12-14-28)23-38-15-17-42-18-16-38)20-31(26(33)4)34(40)36-22-32-24(2)19-25(3)37(5)35(32)41/h11-14,20-21,24-25,30,32H,6-10,15-19,22-23H2,1-5H3,(H,36,40). The first-order valence-electron chi connectivity index (χ1n) is 16.1. The van der Waals surface area contributed by atoms with Gasteiger partial charge >= 0.3 is 0 Å². The summed E-state index contributed by atoms with van der Waals surface area (Å²) in [6, 6.07) is 13.9. The van der Waals surface area contributed by atoms with Crippen molar-refractivity contribution in [1.29, 1.82) is 0 Å². The number of rotatable bonds is 9. The van der Waals surface area contributed by atoms with Crippen LogP contribution in [0.5, 0.6) is 0 Å². The normalized spacial score (nSPS) is 23.8. The van der Waals surface area contributed by atoms with Crippen molar-refractivity contribution < 1.29 is 14.3 Å². The summed E-state index contributed by atoms with van der Waals surface area (Å²) in [5.74, 6) is 0.0789. The van der Waals surface area contributed by atoms with Crippen LogP contribution in [-0.2, 0) is 16.1 Å². The molecule has 0 bridgehead atoms. The third kappa shape index (κ3) is 6.68. The molecule has 0 aromatic heterocycles. The second kappa shape index (κ2) is 13.6. The van der Waals surface area contributed by atoms with Crippen molar-refractivity contribution in [2.45, 2.75) is 78.4 Å². The first-order chi connectivity index (χ1) is 20.3. The van der Waals surface area contributed by atoms with Crippen LogP contribution in [0.25, 0.3) is 11.1 Å². The van der Waals surface area contributed by atoms with E-state index >= 15 is 0 Å². The molecule has 5 rings (SSSR count). The fraction of sp³-hybridized carbons (Fsp3) is 0.600. The van der Waals surface area contributed by atoms with Gasteiger partial charge in [0.25, 0.3) is 5.91 Å². The van der Waals surface area contributed by atoms with Crippen molar-refractivity contribution in [1.82, 2.24) is 15.1 Å². The van der Waals surface area contributed by atoms with Crippen molar-refractivity contribution in [3.8, 4) is 11.1 Å². The molecule has 0 spiro atoms. The molecule has 2 amide bonds. The highest BCUT2D eigenvalue weighted by Gasteiger charge is 2.36. The number of carbonyl (C=O) groups excluding carboxylic acids is 2. The minimum absolute atomic E-state index is 0.0942. The zero-order valence-corrected chi connectivity index (χ0v) is 26.3. The SMILES string of the molecule is CCN(c1cc(-c2ccc(CN3CCOCC3)cc2)cc(C(=O)NCC2C(=O)N(C)C(C)CC2C)c1C)C1CCCC1. The Balaban J connectivity index is 1.42. The zero-order valence-electron chi connectivity index (χ0n) is 26.3. The van der Waals surface area contributed by atoms with Gasteiger partial charge in [-0.25, -0.2) is 0 Å². The van der Waals surface area contributed by atoms with Gasteiger partial charge < -0.3 is 19.9 Å². The molecule has 228 valence electrons. The van der Waals surface area contributed by atoms with Crippen LogP contribution in [0.3, 0.4) is 0 Å². The Hall–Kier alpha value is -2.90. The number of nitrogens with one attached hydrogen (secondary N) is 1. The molecule has 7 heteroatoms. The number of hydrogen-bond acceptors (Lipinski definition) is 5. The van der Waals surface area contributed by atoms with Crippen LogP contribution in [0, 0.1) is 18.8 Å². The van der Waals surface area contributed by atoms with Crippen molar-refractivity contribution >= 4 is 17.5 Å². The summed E-state index contributed by atoms with van der Waals surface area (Å²) in [6.45, 7) is 14.3. The third-order valence-corrected chi connectivity index (χ3v) is 10.0. The zero-order chi connectivity index (χ0) is 29.8. The molecule has 1 aliphatic carbocycles. The molecule has 2 aromatic rings. The van der Waals surface area contributed by atoms with E-state index in [4.69, 9.17) is 4.74 Å². The van der Waals surface area contributed by atoms with Gasteiger partial charge in [-0.05, 0) is 80.3 Å². The second-order valence-electron chi connectivity index (χ2n) is 12.8. The number of anilines is 1. The Labute approximate surface area is 252 Å². The summed E-state index contributed by atoms with van der Waals surface area (Å²) in [5.41, 5.74) is 6.34. The van der Waals surface area contributed by atoms with Crippen molar-refractivity contribution in [2.75, 3.05) is 51.3 Å². The fourth-order valence-electron chi connectivity index (χ4n) is 7.23. The molecule has 2 aliphatic heterocycles. The molecular formula is C35H50N4O3. The van der Waals surface area contributed by atoms with Gasteiger partial charge in [0, 0.05) is 63.1 Å². The molecule has 3 fully saturated rings. The predicted molar refractivity (Wildman–Crippen MR) is 170 cm³/mol. The quantitative estimate of drug-likeness (QED) is 0.429. The maximum absolute atomic E-state index is 13.8. The van der Waals surface area contributed by atoms with Gasteiger partial charge in [-0.3, -0.25) is 14.5 Å². The van der Waals surface area contributed by atoms with Crippen LogP contribution in [-0.4, -0.2) is 80.1 Å². The van der Waals surface area contributed by atoms with E-state index in [0.717, 1.165) is 68.2 Å². The number of piperidine rings is 1. The van der Waals surface area contributed by atoms with E-state index in [1.165, 1.54) is 31.2 Å². The highest BCUT2D eigenvalue weighted by Crippen LogP contribution is 2.36. The lowest BCUT2D eigenvalue weighted by Gasteiger charge is -2.39. The summed E-state index contributed by atoms with van der Waals surface area (Å²) < 4.78 is 5.50. The molecule has 2 saturated heterocycles. The van der Waals surface area contributed by atoms with E-state index in [9.17, 15) is 9.59 Å². The average Bonchev–Trinajstić information content (AvgIpc) is 3.53. The number of nitrogens with zero attached hydrogens (tertiary/aromatic N) is 3. The predicted octanol–water partition coefficient (Wildman–Crippen LogP) is 5.50. The summed E-state index contributed by atoms with van der Waals surface area (Å²) in [6.07, 6.45) is 5.87. The average molecular weight is 575 g/mol. The summed E-state index contributed by atoms with van der Waals surface area (Å²) in [5, 5.41) is 3.17. The van der Waals surface area contributed by atoms with Gasteiger partial charge in [0.15, 0.2) is 0 Å². The van der Waals surface area contributed by atoms with Gasteiger partial charge in [0.05, 0.1) is 19.1 Å². The van der Waals surface area contributed by atoms with Gasteiger partial charge in [0.1, 0.15) is 0 Å². The molecule has 0 radical (unpaired) electrons. The highest BCUT2D eigenvalue weighted by atomic mass is 16.5. The van der Waals surface area contributed by atoms with E-state index in [0.29, 0.717) is 18.2 Å². The summed E-state index contributed by atoms with van der Waals surface area (Å²) >= 11 is 0. The van der Waals surface area contributed by atoms with Crippen molar-refractivity contribution in [2.24, 2.45) is 11.8 Å². The fourth-order valence-corrected chi connectivity index (χ4v) is 7.23. The number of ether oxygens (including phenoxy) is 1. The van der Waals surface area contributed by atoms with Crippen LogP contribution in [0.2, 0.25) is 0 Å². The van der Waals surface area contributed by atoms with E-state index in [-0.39, 0.29) is 29.7 Å². The first-order valence-corrected chi connectivity index (χ1v) is 16.1. The largest absolute Gasteiger partial charge is 0.379 e. The van der Waals surface area contributed by atoms with Crippen molar-refractivity contribution in [3.63, 3.8) is 0 Å². The Morgan fingerprint density at radius 3 is 2.40 bits per heavy atom. The molecule has 1 saturated carbocycles. The lowest BCUT2D eigenvalue weighted by molar-refractivity contribution is -0.141. The summed E-state index contributed by atoms with van der Waals surface area (Å²) in [4.78, 5) is 33.7. The molecule has 42 heavy (non-hydrogen) atoms. The number of carbonyl (C=O) groups is 2. The Bertz CT molecular complexity index is 1230. The minimum atomic E-state index is -0.192. The van der Waals surface area contributed by atoms with E-state index < -0.39 is 0 Å². The maximum atomic E-state index is 13.8. The Morgan fingerprint density at radius 1 is 1.05 bits per heavy atom. The molecular weight excluding hydrogens is 524 g/mol. The van der Waals surface area contributed by atoms with Gasteiger partial charge in [0.2, 0.25) is 5.91 Å². The lowest BCUT2D eigenvalue weighted by Crippen LogP contribution is -2.51. The lowest BCUT2D eigenvalue weighted by atomic mass is 9.83. The van der Waals surface area contributed by atoms with E-state index in [2.05, 4.69) is 73.1 Å². The molecule has 3 unspecified atom stereocenters. The number of hydrogen-bond donors (Lipinski definition) is 1. The maximum Gasteiger partial charge on any atom is 0.251 e. The number of benzene rings is 2. The van der Waals surface area contributed by atoms with Crippen LogP contribution in [0.15, 0.2) is 36.4 Å². The number of amides is 2. The number of morpholine rings is 1. The monoisotopic (exact) mass is 574 g/mol. The van der Waals surface area contributed by atoms with Crippen molar-refractivity contribution in [3.05, 3.63) is 53.1 Å². The highest BCUT2D eigenvalue weighted by molar-refractivity contribution is 5.99. The second-order valence-corrected chi connectivity index (χ2v) is 12.8. The molecule has 3 atom stereocenters. The Kier molecular flexibility index (Phi) is 9.89. The molecule has 3 aliphatic rings. The van der Waals surface area contributed by atoms with Crippen LogP contribution in [0.4, 0.5) is 5.69 Å². The summed E-state index contributed by atoms with van der Waals surface area (Å²) in [7, 11) is 1.88. The van der Waals surface area contributed by atoms with Crippen LogP contribution in [0.1, 0.15) is 74.4 Å².